The summed E-state index contributed by atoms with van der Waals surface area (Å²) >= 11 is 9.03. The molecule has 4 heterocycles. The van der Waals surface area contributed by atoms with Crippen LogP contribution in [0.2, 0.25) is 0 Å². The lowest BCUT2D eigenvalue weighted by molar-refractivity contribution is -0.138. The van der Waals surface area contributed by atoms with Crippen LogP contribution in [0, 0.1) is 19.8 Å². The van der Waals surface area contributed by atoms with Crippen LogP contribution in [0.3, 0.4) is 0 Å². The summed E-state index contributed by atoms with van der Waals surface area (Å²) in [5, 5.41) is 25.8. The Labute approximate surface area is 272 Å². The zero-order chi connectivity index (χ0) is 33.3. The molecule has 2 aromatic rings. The molecular weight excluding hydrogens is 613 g/mol. The Hall–Kier alpha value is -3.90. The molecule has 0 saturated heterocycles. The van der Waals surface area contributed by atoms with Crippen LogP contribution in [0.4, 0.5) is 0 Å². The lowest BCUT2D eigenvalue weighted by Gasteiger charge is -2.10. The summed E-state index contributed by atoms with van der Waals surface area (Å²) in [6.07, 6.45) is 5.92. The van der Waals surface area contributed by atoms with Crippen LogP contribution < -0.4 is 21.3 Å². The van der Waals surface area contributed by atoms with Gasteiger partial charge in [0, 0.05) is 62.4 Å². The highest BCUT2D eigenvalue weighted by atomic mass is 32.1. The maximum absolute atomic E-state index is 12.6. The predicted molar refractivity (Wildman–Crippen MR) is 180 cm³/mol. The van der Waals surface area contributed by atoms with E-state index in [1.807, 2.05) is 59.8 Å². The summed E-state index contributed by atoms with van der Waals surface area (Å²) in [4.78, 5) is 55.0. The smallest absolute Gasteiger partial charge is 0.303 e. The van der Waals surface area contributed by atoms with Crippen LogP contribution >= 0.6 is 25.3 Å². The van der Waals surface area contributed by atoms with Gasteiger partial charge in [-0.15, -0.1) is 0 Å². The Bertz CT molecular complexity index is 1810. The van der Waals surface area contributed by atoms with Gasteiger partial charge in [-0.05, 0) is 106 Å². The van der Waals surface area contributed by atoms with Crippen molar-refractivity contribution < 1.29 is 29.4 Å². The highest BCUT2D eigenvalue weighted by Gasteiger charge is 2.31. The van der Waals surface area contributed by atoms with Gasteiger partial charge in [-0.25, -0.2) is 0 Å². The highest BCUT2D eigenvalue weighted by molar-refractivity contribution is 7.81. The number of carboxylic acid groups (broad SMARTS) is 2. The van der Waals surface area contributed by atoms with Gasteiger partial charge < -0.3 is 30.8 Å². The first-order valence-corrected chi connectivity index (χ1v) is 15.8. The molecule has 3 atom stereocenters. The van der Waals surface area contributed by atoms with Crippen LogP contribution in [-0.4, -0.2) is 54.4 Å². The predicted octanol–water partition coefficient (Wildman–Crippen LogP) is 3.05. The number of rotatable bonds is 11. The number of H-pyrrole nitrogens is 2. The first-order valence-electron chi connectivity index (χ1n) is 14.8. The number of aliphatic carboxylic acids is 2. The minimum absolute atomic E-state index is 0.0848. The second-order valence-electron chi connectivity index (χ2n) is 11.7. The molecule has 45 heavy (non-hydrogen) atoms. The van der Waals surface area contributed by atoms with Crippen LogP contribution in [-0.2, 0) is 32.0 Å². The van der Waals surface area contributed by atoms with E-state index in [1.165, 1.54) is 0 Å². The maximum Gasteiger partial charge on any atom is 0.303 e. The van der Waals surface area contributed by atoms with E-state index in [4.69, 9.17) is 0 Å². The van der Waals surface area contributed by atoms with Gasteiger partial charge in [0.2, 0.25) is 5.91 Å². The van der Waals surface area contributed by atoms with Crippen molar-refractivity contribution in [1.82, 2.24) is 20.6 Å². The van der Waals surface area contributed by atoms with Crippen molar-refractivity contribution in [3.63, 3.8) is 0 Å². The SMILES string of the molecule is CC1=C([C@H](C)S)C(=O)N/C1=C\c1[nH]c(/C=c2\[nH]/c(=C/C3=C([C@H](C)S)C(C)C(=O)N3)c(C)c2CCC(=O)O)c(CCC(=O)O)c1C. The molecule has 6 N–H and O–H groups in total. The molecule has 240 valence electrons. The summed E-state index contributed by atoms with van der Waals surface area (Å²) in [5.74, 6) is -2.49. The van der Waals surface area contributed by atoms with Gasteiger partial charge in [0.25, 0.3) is 5.91 Å². The monoisotopic (exact) mass is 652 g/mol. The van der Waals surface area contributed by atoms with Crippen molar-refractivity contribution in [2.24, 2.45) is 5.92 Å². The van der Waals surface area contributed by atoms with Crippen molar-refractivity contribution in [3.8, 4) is 0 Å². The van der Waals surface area contributed by atoms with Gasteiger partial charge in [-0.3, -0.25) is 19.2 Å². The van der Waals surface area contributed by atoms with E-state index >= 15 is 0 Å². The average Bonchev–Trinajstić information content (AvgIpc) is 3.59. The molecule has 0 radical (unpaired) electrons. The Morgan fingerprint density at radius 1 is 0.822 bits per heavy atom. The molecule has 10 nitrogen and oxygen atoms in total. The van der Waals surface area contributed by atoms with Crippen molar-refractivity contribution in [2.45, 2.75) is 77.7 Å². The quantitative estimate of drug-likeness (QED) is 0.174. The number of carbonyl (C=O) groups is 4. The number of carboxylic acids is 2. The van der Waals surface area contributed by atoms with E-state index in [1.54, 1.807) is 0 Å². The van der Waals surface area contributed by atoms with Gasteiger partial charge in [0.15, 0.2) is 0 Å². The van der Waals surface area contributed by atoms with Gasteiger partial charge >= 0.3 is 11.9 Å². The number of carbonyl (C=O) groups excluding carboxylic acids is 2. The highest BCUT2D eigenvalue weighted by Crippen LogP contribution is 2.30. The molecule has 2 aliphatic heterocycles. The molecule has 2 aliphatic rings. The Balaban J connectivity index is 1.92. The van der Waals surface area contributed by atoms with Gasteiger partial charge in [0.05, 0.1) is 5.92 Å². The Kier molecular flexibility index (Phi) is 10.3. The lowest BCUT2D eigenvalue weighted by Crippen LogP contribution is -2.21. The van der Waals surface area contributed by atoms with Crippen molar-refractivity contribution in [1.29, 1.82) is 0 Å². The third-order valence-electron chi connectivity index (χ3n) is 8.54. The molecule has 0 spiro atoms. The fourth-order valence-electron chi connectivity index (χ4n) is 6.07. The third-order valence-corrected chi connectivity index (χ3v) is 9.08. The van der Waals surface area contributed by atoms with Crippen molar-refractivity contribution >= 4 is 67.2 Å². The molecule has 1 unspecified atom stereocenters. The molecule has 0 aliphatic carbocycles. The topological polar surface area (TPSA) is 164 Å². The third kappa shape index (κ3) is 7.17. The summed E-state index contributed by atoms with van der Waals surface area (Å²) in [5.41, 5.74) is 8.24. The van der Waals surface area contributed by atoms with Gasteiger partial charge in [-0.1, -0.05) is 0 Å². The molecule has 4 rings (SSSR count). The number of hydrogen-bond donors (Lipinski definition) is 8. The van der Waals surface area contributed by atoms with Crippen molar-refractivity contribution in [3.05, 3.63) is 72.5 Å². The van der Waals surface area contributed by atoms with E-state index in [-0.39, 0.29) is 53.9 Å². The van der Waals surface area contributed by atoms with Gasteiger partial charge in [0.1, 0.15) is 0 Å². The minimum atomic E-state index is -0.930. The Morgan fingerprint density at radius 2 is 1.44 bits per heavy atom. The second-order valence-corrected chi connectivity index (χ2v) is 13.2. The number of aromatic amines is 2. The summed E-state index contributed by atoms with van der Waals surface area (Å²) in [6.45, 7) is 11.3. The molecule has 0 aromatic carbocycles. The number of allylic oxidation sites excluding steroid dienone is 2. The van der Waals surface area contributed by atoms with E-state index in [0.29, 0.717) is 33.7 Å². The van der Waals surface area contributed by atoms with Crippen LogP contribution in [0.5, 0.6) is 0 Å². The average molecular weight is 653 g/mol. The molecule has 0 fully saturated rings. The fourth-order valence-corrected chi connectivity index (χ4v) is 6.75. The zero-order valence-corrected chi connectivity index (χ0v) is 28.0. The fraction of sp³-hybridized carbons (Fsp3) is 0.394. The van der Waals surface area contributed by atoms with E-state index in [9.17, 15) is 29.4 Å². The number of hydrogen-bond acceptors (Lipinski definition) is 6. The number of amides is 2. The van der Waals surface area contributed by atoms with Crippen LogP contribution in [0.15, 0.2) is 28.1 Å². The molecule has 2 aromatic heterocycles. The largest absolute Gasteiger partial charge is 0.481 e. The first-order chi connectivity index (χ1) is 21.1. The van der Waals surface area contributed by atoms with E-state index < -0.39 is 11.9 Å². The standard InChI is InChI=1S/C33H40N4O6S2/c1-14-20(7-9-28(38)39)25(34-22(14)11-24-16(3)31(19(6)45)33(43)36-24)13-26-21(8-10-29(40)41)15(2)23(35-26)12-27-30(18(5)44)17(4)32(42)37-27/h11-13,17-19,34-35,44-45H,7-10H2,1-6H3,(H,36,43)(H,37,42)(H,38,39)(H,40,41)/b23-12+,24-11-,26-13-/t17?,18-,19-/m0/s1. The first kappa shape index (κ1) is 34.0. The lowest BCUT2D eigenvalue weighted by atomic mass is 9.99. The number of nitrogens with one attached hydrogen (secondary N) is 4. The normalized spacial score (nSPS) is 20.0. The molecule has 2 amide bonds. The zero-order valence-electron chi connectivity index (χ0n) is 26.2. The second kappa shape index (κ2) is 13.6. The molecule has 12 heteroatoms. The summed E-state index contributed by atoms with van der Waals surface area (Å²) in [7, 11) is 0. The Morgan fingerprint density at radius 3 is 2.00 bits per heavy atom. The summed E-state index contributed by atoms with van der Waals surface area (Å²) < 4.78 is 0. The molecule has 0 saturated carbocycles. The maximum atomic E-state index is 12.6. The molecule has 0 bridgehead atoms. The van der Waals surface area contributed by atoms with E-state index in [0.717, 1.165) is 38.7 Å². The minimum Gasteiger partial charge on any atom is -0.481 e. The number of aromatic nitrogens is 2. The van der Waals surface area contributed by atoms with Crippen molar-refractivity contribution in [2.75, 3.05) is 0 Å². The molecular formula is C33H40N4O6S2. The summed E-state index contributed by atoms with van der Waals surface area (Å²) in [6, 6.07) is 0. The van der Waals surface area contributed by atoms with E-state index in [2.05, 4.69) is 45.9 Å². The van der Waals surface area contributed by atoms with Crippen LogP contribution in [0.1, 0.15) is 74.2 Å². The van der Waals surface area contributed by atoms with Gasteiger partial charge in [-0.2, -0.15) is 25.3 Å². The number of thiol groups is 2. The van der Waals surface area contributed by atoms with Crippen LogP contribution in [0.25, 0.3) is 18.2 Å².